The van der Waals surface area contributed by atoms with Crippen LogP contribution >= 0.6 is 0 Å². The molecule has 0 aliphatic carbocycles. The lowest BCUT2D eigenvalue weighted by Crippen LogP contribution is -2.29. The maximum atomic E-state index is 6.34. The van der Waals surface area contributed by atoms with Crippen LogP contribution in [0.1, 0.15) is 24.9 Å². The van der Waals surface area contributed by atoms with Crippen LogP contribution in [0.2, 0.25) is 0 Å². The third kappa shape index (κ3) is 2.00. The highest BCUT2D eigenvalue weighted by atomic mass is 16.5. The zero-order chi connectivity index (χ0) is 12.5. The monoisotopic (exact) mass is 242 g/mol. The van der Waals surface area contributed by atoms with Gasteiger partial charge < -0.3 is 10.5 Å². The van der Waals surface area contributed by atoms with E-state index < -0.39 is 0 Å². The Morgan fingerprint density at radius 3 is 3.06 bits per heavy atom. The van der Waals surface area contributed by atoms with Crippen LogP contribution in [-0.2, 0) is 4.74 Å². The van der Waals surface area contributed by atoms with E-state index in [-0.39, 0.29) is 12.1 Å². The summed E-state index contributed by atoms with van der Waals surface area (Å²) in [4.78, 5) is 4.32. The standard InChI is InChI=1S/C15H18N2O/c1-10-6-8-18-15(10)14(16)12-4-5-13-11(9-12)3-2-7-17-13/h2-5,7,9-10,14-15H,6,8,16H2,1H3. The van der Waals surface area contributed by atoms with Gasteiger partial charge >= 0.3 is 0 Å². The molecule has 1 aliphatic rings. The van der Waals surface area contributed by atoms with Crippen LogP contribution in [0.25, 0.3) is 10.9 Å². The van der Waals surface area contributed by atoms with Crippen molar-refractivity contribution >= 4 is 10.9 Å². The number of hydrogen-bond donors (Lipinski definition) is 1. The highest BCUT2D eigenvalue weighted by Crippen LogP contribution is 2.30. The number of pyridine rings is 1. The molecule has 1 aromatic carbocycles. The van der Waals surface area contributed by atoms with Crippen molar-refractivity contribution in [3.8, 4) is 0 Å². The Morgan fingerprint density at radius 1 is 1.39 bits per heavy atom. The Kier molecular flexibility index (Phi) is 3.02. The summed E-state index contributed by atoms with van der Waals surface area (Å²) in [6, 6.07) is 10.2. The summed E-state index contributed by atoms with van der Waals surface area (Å²) in [6.45, 7) is 3.04. The molecular formula is C15H18N2O. The SMILES string of the molecule is CC1CCOC1C(N)c1ccc2ncccc2c1. The van der Waals surface area contributed by atoms with Gasteiger partial charge in [-0.05, 0) is 36.1 Å². The van der Waals surface area contributed by atoms with Crippen LogP contribution in [0, 0.1) is 5.92 Å². The minimum Gasteiger partial charge on any atom is -0.376 e. The van der Waals surface area contributed by atoms with E-state index in [1.165, 1.54) is 0 Å². The molecule has 3 atom stereocenters. The molecule has 1 saturated heterocycles. The quantitative estimate of drug-likeness (QED) is 0.880. The van der Waals surface area contributed by atoms with E-state index in [9.17, 15) is 0 Å². The Hall–Kier alpha value is -1.45. The fourth-order valence-electron chi connectivity index (χ4n) is 2.67. The molecule has 2 N–H and O–H groups in total. The molecule has 2 aromatic rings. The second-order valence-electron chi connectivity index (χ2n) is 5.08. The number of fused-ring (bicyclic) bond motifs is 1. The number of aromatic nitrogens is 1. The van der Waals surface area contributed by atoms with Gasteiger partial charge in [-0.1, -0.05) is 19.1 Å². The molecular weight excluding hydrogens is 224 g/mol. The normalized spacial score (nSPS) is 25.4. The van der Waals surface area contributed by atoms with Gasteiger partial charge in [-0.25, -0.2) is 0 Å². The van der Waals surface area contributed by atoms with E-state index in [2.05, 4.69) is 30.1 Å². The zero-order valence-electron chi connectivity index (χ0n) is 10.5. The zero-order valence-corrected chi connectivity index (χ0v) is 10.5. The first kappa shape index (κ1) is 11.6. The van der Waals surface area contributed by atoms with Crippen LogP contribution in [-0.4, -0.2) is 17.7 Å². The third-order valence-electron chi connectivity index (χ3n) is 3.81. The molecule has 0 bridgehead atoms. The van der Waals surface area contributed by atoms with Crippen molar-refractivity contribution < 1.29 is 4.74 Å². The molecule has 1 aliphatic heterocycles. The number of hydrogen-bond acceptors (Lipinski definition) is 3. The number of nitrogens with two attached hydrogens (primary N) is 1. The van der Waals surface area contributed by atoms with Crippen molar-refractivity contribution in [3.63, 3.8) is 0 Å². The summed E-state index contributed by atoms with van der Waals surface area (Å²) >= 11 is 0. The molecule has 94 valence electrons. The van der Waals surface area contributed by atoms with E-state index >= 15 is 0 Å². The molecule has 3 nitrogen and oxygen atoms in total. The van der Waals surface area contributed by atoms with Gasteiger partial charge in [-0.2, -0.15) is 0 Å². The highest BCUT2D eigenvalue weighted by Gasteiger charge is 2.30. The summed E-state index contributed by atoms with van der Waals surface area (Å²) < 4.78 is 5.75. The average Bonchev–Trinajstić information content (AvgIpc) is 2.83. The summed E-state index contributed by atoms with van der Waals surface area (Å²) in [5.41, 5.74) is 8.48. The van der Waals surface area contributed by atoms with Crippen LogP contribution in [0.3, 0.4) is 0 Å². The molecule has 0 spiro atoms. The van der Waals surface area contributed by atoms with Gasteiger partial charge in [-0.15, -0.1) is 0 Å². The van der Waals surface area contributed by atoms with Gasteiger partial charge in [0.25, 0.3) is 0 Å². The van der Waals surface area contributed by atoms with Crippen LogP contribution in [0.5, 0.6) is 0 Å². The molecule has 3 rings (SSSR count). The molecule has 0 saturated carbocycles. The van der Waals surface area contributed by atoms with E-state index in [0.29, 0.717) is 5.92 Å². The molecule has 0 radical (unpaired) electrons. The van der Waals surface area contributed by atoms with Crippen molar-refractivity contribution in [2.45, 2.75) is 25.5 Å². The number of nitrogens with zero attached hydrogens (tertiary/aromatic N) is 1. The van der Waals surface area contributed by atoms with E-state index in [0.717, 1.165) is 29.5 Å². The molecule has 2 heterocycles. The van der Waals surface area contributed by atoms with Crippen molar-refractivity contribution in [1.29, 1.82) is 0 Å². The first-order valence-electron chi connectivity index (χ1n) is 6.47. The maximum absolute atomic E-state index is 6.34. The van der Waals surface area contributed by atoms with E-state index in [4.69, 9.17) is 10.5 Å². The molecule has 1 aromatic heterocycles. The van der Waals surface area contributed by atoms with Crippen molar-refractivity contribution in [1.82, 2.24) is 4.98 Å². The predicted molar refractivity (Wildman–Crippen MR) is 72.2 cm³/mol. The Morgan fingerprint density at radius 2 is 2.28 bits per heavy atom. The lowest BCUT2D eigenvalue weighted by Gasteiger charge is -2.23. The molecule has 3 heteroatoms. The fourth-order valence-corrected chi connectivity index (χ4v) is 2.67. The van der Waals surface area contributed by atoms with Crippen LogP contribution < -0.4 is 5.73 Å². The van der Waals surface area contributed by atoms with Gasteiger partial charge in [-0.3, -0.25) is 4.98 Å². The Balaban J connectivity index is 1.93. The lowest BCUT2D eigenvalue weighted by molar-refractivity contribution is 0.0725. The Bertz CT molecular complexity index is 555. The minimum atomic E-state index is -0.0490. The van der Waals surface area contributed by atoms with Crippen molar-refractivity contribution in [2.75, 3.05) is 6.61 Å². The predicted octanol–water partition coefficient (Wildman–Crippen LogP) is 2.66. The summed E-state index contributed by atoms with van der Waals surface area (Å²) in [7, 11) is 0. The largest absolute Gasteiger partial charge is 0.376 e. The van der Waals surface area contributed by atoms with Crippen molar-refractivity contribution in [2.24, 2.45) is 11.7 Å². The third-order valence-corrected chi connectivity index (χ3v) is 3.81. The van der Waals surface area contributed by atoms with Crippen LogP contribution in [0.4, 0.5) is 0 Å². The molecule has 3 unspecified atom stereocenters. The van der Waals surface area contributed by atoms with Gasteiger partial charge in [0.15, 0.2) is 0 Å². The van der Waals surface area contributed by atoms with Crippen LogP contribution in [0.15, 0.2) is 36.5 Å². The van der Waals surface area contributed by atoms with Gasteiger partial charge in [0.1, 0.15) is 0 Å². The average molecular weight is 242 g/mol. The van der Waals surface area contributed by atoms with Gasteiger partial charge in [0.05, 0.1) is 17.7 Å². The Labute approximate surface area is 107 Å². The van der Waals surface area contributed by atoms with E-state index in [1.54, 1.807) is 0 Å². The number of benzene rings is 1. The smallest absolute Gasteiger partial charge is 0.0793 e. The fraction of sp³-hybridized carbons (Fsp3) is 0.400. The first-order valence-corrected chi connectivity index (χ1v) is 6.47. The summed E-state index contributed by atoms with van der Waals surface area (Å²) in [5.74, 6) is 0.532. The lowest BCUT2D eigenvalue weighted by atomic mass is 9.92. The highest BCUT2D eigenvalue weighted by molar-refractivity contribution is 5.79. The van der Waals surface area contributed by atoms with Gasteiger partial charge in [0, 0.05) is 18.2 Å². The second kappa shape index (κ2) is 4.67. The van der Waals surface area contributed by atoms with Gasteiger partial charge in [0.2, 0.25) is 0 Å². The topological polar surface area (TPSA) is 48.1 Å². The summed E-state index contributed by atoms with van der Waals surface area (Å²) in [6.07, 6.45) is 3.05. The number of ether oxygens (including phenoxy) is 1. The molecule has 18 heavy (non-hydrogen) atoms. The first-order chi connectivity index (χ1) is 8.75. The second-order valence-corrected chi connectivity index (χ2v) is 5.08. The maximum Gasteiger partial charge on any atom is 0.0793 e. The summed E-state index contributed by atoms with van der Waals surface area (Å²) in [5, 5.41) is 1.14. The molecule has 0 amide bonds. The molecule has 1 fully saturated rings. The van der Waals surface area contributed by atoms with Crippen molar-refractivity contribution in [3.05, 3.63) is 42.1 Å². The minimum absolute atomic E-state index is 0.0490. The van der Waals surface area contributed by atoms with E-state index in [1.807, 2.05) is 18.3 Å². The number of rotatable bonds is 2.